The molecule has 1 N–H and O–H groups in total. The number of amides is 2. The summed E-state index contributed by atoms with van der Waals surface area (Å²) in [6.45, 7) is 0.561. The Morgan fingerprint density at radius 1 is 1.10 bits per heavy atom. The van der Waals surface area contributed by atoms with Crippen molar-refractivity contribution < 1.29 is 14.3 Å². The van der Waals surface area contributed by atoms with Gasteiger partial charge in [0, 0.05) is 23.6 Å². The van der Waals surface area contributed by atoms with Gasteiger partial charge in [-0.3, -0.25) is 19.1 Å². The van der Waals surface area contributed by atoms with Gasteiger partial charge in [-0.25, -0.2) is 4.79 Å². The Labute approximate surface area is 178 Å². The van der Waals surface area contributed by atoms with E-state index in [2.05, 4.69) is 21.2 Å². The lowest BCUT2D eigenvalue weighted by Crippen LogP contribution is -2.34. The van der Waals surface area contributed by atoms with Crippen LogP contribution in [0, 0.1) is 0 Å². The maximum Gasteiger partial charge on any atom is 0.414 e. The number of pyridine rings is 1. The molecule has 1 aliphatic heterocycles. The van der Waals surface area contributed by atoms with Crippen molar-refractivity contribution >= 4 is 45.0 Å². The number of carbonyl (C=O) groups excluding carboxylic acids is 2. The molecule has 1 atom stereocenters. The number of carbonyl (C=O) groups is 2. The third-order valence-electron chi connectivity index (χ3n) is 4.42. The maximum absolute atomic E-state index is 12.2. The molecule has 0 bridgehead atoms. The van der Waals surface area contributed by atoms with Crippen LogP contribution in [0.4, 0.5) is 10.5 Å². The highest BCUT2D eigenvalue weighted by atomic mass is 79.9. The van der Waals surface area contributed by atoms with E-state index in [0.29, 0.717) is 22.8 Å². The number of halogens is 1. The van der Waals surface area contributed by atoms with Crippen LogP contribution in [-0.2, 0) is 4.74 Å². The summed E-state index contributed by atoms with van der Waals surface area (Å²) in [6.07, 6.45) is 0.783. The highest BCUT2D eigenvalue weighted by molar-refractivity contribution is 9.11. The lowest BCUT2D eigenvalue weighted by molar-refractivity contribution is 0.0920. The summed E-state index contributed by atoms with van der Waals surface area (Å²) in [7, 11) is 0. The van der Waals surface area contributed by atoms with Gasteiger partial charge in [0.25, 0.3) is 11.5 Å². The number of hydrogen-bond donors (Lipinski definition) is 1. The van der Waals surface area contributed by atoms with E-state index >= 15 is 0 Å². The molecule has 1 aromatic carbocycles. The predicted molar refractivity (Wildman–Crippen MR) is 114 cm³/mol. The summed E-state index contributed by atoms with van der Waals surface area (Å²) < 4.78 is 7.76. The first-order chi connectivity index (χ1) is 14.0. The molecule has 0 saturated carbocycles. The molecule has 29 heavy (non-hydrogen) atoms. The number of nitrogens with zero attached hydrogens (tertiary/aromatic N) is 2. The Bertz CT molecular complexity index is 1110. The maximum atomic E-state index is 12.2. The lowest BCUT2D eigenvalue weighted by atomic mass is 10.2. The average molecular weight is 474 g/mol. The number of aromatic nitrogens is 1. The molecule has 9 heteroatoms. The molecule has 1 unspecified atom stereocenters. The first-order valence-corrected chi connectivity index (χ1v) is 10.4. The molecular formula is C20H16BrN3O4S. The molecule has 0 spiro atoms. The third-order valence-corrected chi connectivity index (χ3v) is 6.05. The van der Waals surface area contributed by atoms with Gasteiger partial charge in [-0.1, -0.05) is 6.07 Å². The quantitative estimate of drug-likeness (QED) is 0.615. The van der Waals surface area contributed by atoms with E-state index in [1.807, 2.05) is 6.07 Å². The van der Waals surface area contributed by atoms with E-state index < -0.39 is 12.2 Å². The van der Waals surface area contributed by atoms with E-state index in [0.717, 1.165) is 3.79 Å². The second-order valence-electron chi connectivity index (χ2n) is 6.36. The average Bonchev–Trinajstić information content (AvgIpc) is 3.32. The van der Waals surface area contributed by atoms with Crippen molar-refractivity contribution in [3.63, 3.8) is 0 Å². The fourth-order valence-corrected chi connectivity index (χ4v) is 4.30. The Balaban J connectivity index is 1.39. The lowest BCUT2D eigenvalue weighted by Gasteiger charge is -2.14. The van der Waals surface area contributed by atoms with Crippen LogP contribution in [0.2, 0.25) is 0 Å². The Morgan fingerprint density at radius 3 is 2.55 bits per heavy atom. The molecule has 0 radical (unpaired) electrons. The fraction of sp³-hybridized carbons (Fsp3) is 0.150. The highest BCUT2D eigenvalue weighted by Crippen LogP contribution is 2.24. The minimum atomic E-state index is -0.465. The molecule has 4 rings (SSSR count). The van der Waals surface area contributed by atoms with Crippen LogP contribution in [0.1, 0.15) is 9.67 Å². The van der Waals surface area contributed by atoms with Crippen LogP contribution in [0.15, 0.2) is 69.4 Å². The summed E-state index contributed by atoms with van der Waals surface area (Å²) in [5, 5.41) is 2.79. The van der Waals surface area contributed by atoms with Gasteiger partial charge >= 0.3 is 6.09 Å². The van der Waals surface area contributed by atoms with Gasteiger partial charge in [-0.2, -0.15) is 0 Å². The summed E-state index contributed by atoms with van der Waals surface area (Å²) in [4.78, 5) is 38.4. The monoisotopic (exact) mass is 473 g/mol. The Hall–Kier alpha value is -2.91. The summed E-state index contributed by atoms with van der Waals surface area (Å²) >= 11 is 4.67. The van der Waals surface area contributed by atoms with Gasteiger partial charge in [-0.05, 0) is 58.4 Å². The van der Waals surface area contributed by atoms with Gasteiger partial charge < -0.3 is 10.1 Å². The topological polar surface area (TPSA) is 80.6 Å². The van der Waals surface area contributed by atoms with Gasteiger partial charge in [0.05, 0.1) is 21.8 Å². The molecule has 3 aromatic rings. The zero-order valence-electron chi connectivity index (χ0n) is 15.1. The van der Waals surface area contributed by atoms with Crippen molar-refractivity contribution in [3.05, 3.63) is 79.8 Å². The number of cyclic esters (lactones) is 1. The number of rotatable bonds is 5. The van der Waals surface area contributed by atoms with Crippen molar-refractivity contribution in [2.75, 3.05) is 18.0 Å². The zero-order valence-corrected chi connectivity index (χ0v) is 17.5. The van der Waals surface area contributed by atoms with Gasteiger partial charge in [-0.15, -0.1) is 11.3 Å². The van der Waals surface area contributed by atoms with Crippen molar-refractivity contribution in [1.82, 2.24) is 9.88 Å². The molecule has 1 saturated heterocycles. The molecular weight excluding hydrogens is 458 g/mol. The van der Waals surface area contributed by atoms with E-state index in [1.165, 1.54) is 26.9 Å². The number of benzene rings is 1. The van der Waals surface area contributed by atoms with Crippen molar-refractivity contribution in [2.45, 2.75) is 6.10 Å². The van der Waals surface area contributed by atoms with Gasteiger partial charge in [0.2, 0.25) is 0 Å². The van der Waals surface area contributed by atoms with Gasteiger partial charge in [0.1, 0.15) is 6.10 Å². The van der Waals surface area contributed by atoms with Crippen LogP contribution in [0.5, 0.6) is 0 Å². The molecule has 1 aliphatic rings. The summed E-state index contributed by atoms with van der Waals surface area (Å²) in [6, 6.07) is 15.6. The first kappa shape index (κ1) is 19.4. The zero-order chi connectivity index (χ0) is 20.4. The first-order valence-electron chi connectivity index (χ1n) is 8.81. The molecule has 2 aromatic heterocycles. The molecule has 0 aliphatic carbocycles. The molecule has 1 fully saturated rings. The standard InChI is InChI=1S/C20H16BrN3O4S/c21-17-9-8-16(29-17)19(26)22-11-15-12-24(20(27)28-15)14-6-4-13(5-7-14)23-10-2-1-3-18(23)25/h1-10,15H,11-12H2,(H,22,26). The summed E-state index contributed by atoms with van der Waals surface area (Å²) in [5.74, 6) is -0.201. The van der Waals surface area contributed by atoms with Crippen LogP contribution in [0.3, 0.4) is 0 Å². The van der Waals surface area contributed by atoms with Crippen molar-refractivity contribution in [2.24, 2.45) is 0 Å². The second-order valence-corrected chi connectivity index (χ2v) is 8.82. The van der Waals surface area contributed by atoms with Gasteiger partial charge in [0.15, 0.2) is 0 Å². The van der Waals surface area contributed by atoms with E-state index in [1.54, 1.807) is 48.7 Å². The largest absolute Gasteiger partial charge is 0.442 e. The molecule has 2 amide bonds. The predicted octanol–water partition coefficient (Wildman–Crippen LogP) is 3.42. The van der Waals surface area contributed by atoms with Crippen LogP contribution in [-0.4, -0.2) is 35.8 Å². The molecule has 3 heterocycles. The van der Waals surface area contributed by atoms with Crippen LogP contribution >= 0.6 is 27.3 Å². The summed E-state index contributed by atoms with van der Waals surface area (Å²) in [5.41, 5.74) is 1.24. The van der Waals surface area contributed by atoms with E-state index in [-0.39, 0.29) is 18.0 Å². The van der Waals surface area contributed by atoms with Crippen molar-refractivity contribution in [3.8, 4) is 5.69 Å². The Kier molecular flexibility index (Phi) is 5.50. The molecule has 148 valence electrons. The molecule has 7 nitrogen and oxygen atoms in total. The number of hydrogen-bond acceptors (Lipinski definition) is 5. The number of anilines is 1. The van der Waals surface area contributed by atoms with E-state index in [4.69, 9.17) is 4.74 Å². The minimum absolute atomic E-state index is 0.130. The highest BCUT2D eigenvalue weighted by Gasteiger charge is 2.32. The van der Waals surface area contributed by atoms with Crippen LogP contribution in [0.25, 0.3) is 5.69 Å². The fourth-order valence-electron chi connectivity index (χ4n) is 3.00. The normalized spacial score (nSPS) is 16.0. The van der Waals surface area contributed by atoms with Crippen molar-refractivity contribution in [1.29, 1.82) is 0 Å². The Morgan fingerprint density at radius 2 is 1.86 bits per heavy atom. The number of ether oxygens (including phenoxy) is 1. The van der Waals surface area contributed by atoms with E-state index in [9.17, 15) is 14.4 Å². The smallest absolute Gasteiger partial charge is 0.414 e. The number of nitrogens with one attached hydrogen (secondary N) is 1. The second kappa shape index (κ2) is 8.22. The minimum Gasteiger partial charge on any atom is -0.442 e. The van der Waals surface area contributed by atoms with Crippen LogP contribution < -0.4 is 15.8 Å². The third kappa shape index (κ3) is 4.25. The number of thiophene rings is 1. The SMILES string of the molecule is O=C(NCC1CN(c2ccc(-n3ccccc3=O)cc2)C(=O)O1)c1ccc(Br)s1.